The molecule has 0 aliphatic rings. The minimum atomic E-state index is -0.619. The number of carbonyl (C=O) groups is 6. The van der Waals surface area contributed by atoms with Gasteiger partial charge in [0.1, 0.15) is 11.3 Å². The van der Waals surface area contributed by atoms with Crippen molar-refractivity contribution in [1.82, 2.24) is 34.3 Å². The number of imidazole rings is 2. The molecule has 0 radical (unpaired) electrons. The molecule has 0 saturated heterocycles. The van der Waals surface area contributed by atoms with Crippen molar-refractivity contribution in [3.8, 4) is 0 Å². The van der Waals surface area contributed by atoms with Gasteiger partial charge in [0, 0.05) is 65.7 Å². The van der Waals surface area contributed by atoms with Crippen molar-refractivity contribution in [3.05, 3.63) is 42.0 Å². The smallest absolute Gasteiger partial charge is 0.407 e. The number of nitrogens with one attached hydrogen (secondary N) is 5. The third kappa shape index (κ3) is 11.0. The van der Waals surface area contributed by atoms with Crippen LogP contribution in [0.25, 0.3) is 0 Å². The molecule has 18 nitrogen and oxygen atoms in total. The molecular formula is C30H42N10O8. The number of amides is 5. The van der Waals surface area contributed by atoms with Crippen LogP contribution in [-0.2, 0) is 40.2 Å². The fourth-order valence-corrected chi connectivity index (χ4v) is 4.24. The predicted molar refractivity (Wildman–Crippen MR) is 173 cm³/mol. The number of hydrogen-bond acceptors (Lipinski definition) is 10. The maximum Gasteiger partial charge on any atom is 0.407 e. The van der Waals surface area contributed by atoms with Crippen LogP contribution in [0.5, 0.6) is 0 Å². The van der Waals surface area contributed by atoms with E-state index in [-0.39, 0.29) is 67.4 Å². The van der Waals surface area contributed by atoms with E-state index in [1.165, 1.54) is 32.2 Å². The molecule has 3 aromatic heterocycles. The number of ether oxygens (including phenoxy) is 2. The largest absolute Gasteiger partial charge is 0.460 e. The highest BCUT2D eigenvalue weighted by atomic mass is 16.6. The van der Waals surface area contributed by atoms with Crippen molar-refractivity contribution >= 4 is 53.0 Å². The Morgan fingerprint density at radius 1 is 0.750 bits per heavy atom. The summed E-state index contributed by atoms with van der Waals surface area (Å²) in [6.45, 7) is 7.38. The van der Waals surface area contributed by atoms with Gasteiger partial charge in [-0.05, 0) is 40.2 Å². The molecule has 0 aromatic carbocycles. The lowest BCUT2D eigenvalue weighted by molar-refractivity contribution is -0.117. The quantitative estimate of drug-likeness (QED) is 0.124. The van der Waals surface area contributed by atoms with Gasteiger partial charge in [-0.25, -0.2) is 19.6 Å². The first kappa shape index (κ1) is 36.8. The summed E-state index contributed by atoms with van der Waals surface area (Å²) in [7, 11) is 4.81. The molecule has 0 saturated carbocycles. The van der Waals surface area contributed by atoms with Crippen molar-refractivity contribution < 1.29 is 38.2 Å². The van der Waals surface area contributed by atoms with Gasteiger partial charge >= 0.3 is 12.1 Å². The van der Waals surface area contributed by atoms with E-state index in [2.05, 4.69) is 36.6 Å². The molecule has 3 heterocycles. The Balaban J connectivity index is 1.45. The summed E-state index contributed by atoms with van der Waals surface area (Å²) in [6, 6.07) is 1.47. The molecule has 5 N–H and O–H groups in total. The minimum Gasteiger partial charge on any atom is -0.460 e. The lowest BCUT2D eigenvalue weighted by atomic mass is 10.2. The zero-order chi connectivity index (χ0) is 35.6. The van der Waals surface area contributed by atoms with E-state index in [0.717, 1.165) is 0 Å². The van der Waals surface area contributed by atoms with Gasteiger partial charge in [0.25, 0.3) is 11.8 Å². The summed E-state index contributed by atoms with van der Waals surface area (Å²) in [6.07, 6.45) is 4.35. The number of alkyl carbamates (subject to hydrolysis) is 1. The molecular weight excluding hydrogens is 628 g/mol. The summed E-state index contributed by atoms with van der Waals surface area (Å²) in [5.74, 6) is -2.03. The maximum atomic E-state index is 12.9. The highest BCUT2D eigenvalue weighted by Crippen LogP contribution is 2.16. The van der Waals surface area contributed by atoms with Crippen molar-refractivity contribution in [2.75, 3.05) is 35.6 Å². The predicted octanol–water partition coefficient (Wildman–Crippen LogP) is 1.92. The Hall–Kier alpha value is -5.68. The van der Waals surface area contributed by atoms with Gasteiger partial charge in [-0.15, -0.1) is 0 Å². The summed E-state index contributed by atoms with van der Waals surface area (Å²) in [4.78, 5) is 82.3. The van der Waals surface area contributed by atoms with E-state index in [1.54, 1.807) is 55.0 Å². The lowest BCUT2D eigenvalue weighted by Gasteiger charge is -2.19. The number of nitrogens with zero attached hydrogens (tertiary/aromatic N) is 5. The third-order valence-corrected chi connectivity index (χ3v) is 6.33. The Morgan fingerprint density at radius 3 is 1.98 bits per heavy atom. The van der Waals surface area contributed by atoms with E-state index < -0.39 is 35.4 Å². The summed E-state index contributed by atoms with van der Waals surface area (Å²) in [5.41, 5.74) is -0.0701. The molecule has 0 bridgehead atoms. The Kier molecular flexibility index (Phi) is 12.4. The minimum absolute atomic E-state index is 0.0110. The van der Waals surface area contributed by atoms with Gasteiger partial charge in [-0.3, -0.25) is 19.2 Å². The molecule has 0 aliphatic carbocycles. The number of aromatic nitrogens is 5. The zero-order valence-corrected chi connectivity index (χ0v) is 28.1. The van der Waals surface area contributed by atoms with Crippen LogP contribution < -0.4 is 26.6 Å². The number of carbonyl (C=O) groups excluding carboxylic acids is 6. The first-order valence-corrected chi connectivity index (χ1v) is 15.1. The zero-order valence-electron chi connectivity index (χ0n) is 28.1. The standard InChI is InChI=1S/C30H42N10O8/c1-8-47-28(45)25-37-21(17-40(25)7)35-23(42)11-13-31-26(43)19-14-18(15-38(19)5)33-27(44)24-36-20(16-39(24)6)34-22(41)10-9-12-32-29(46)48-30(2,3)4/h14-17H,8-13H2,1-7H3,(H,31,43)(H,32,46)(H,33,44)(H,34,41)(H,35,42). The van der Waals surface area contributed by atoms with Crippen LogP contribution in [0.15, 0.2) is 24.7 Å². The van der Waals surface area contributed by atoms with Crippen LogP contribution in [0, 0.1) is 0 Å². The molecule has 5 amide bonds. The number of aryl methyl sites for hydroxylation is 3. The van der Waals surface area contributed by atoms with Gasteiger partial charge in [0.2, 0.25) is 23.5 Å². The SMILES string of the molecule is CCOC(=O)c1nc(NC(=O)CCNC(=O)c2cc(NC(=O)c3nc(NC(=O)CCCNC(=O)OC(C)(C)C)cn3C)cn2C)cn1C. The Bertz CT molecular complexity index is 1660. The van der Waals surface area contributed by atoms with Crippen LogP contribution in [0.3, 0.4) is 0 Å². The molecule has 18 heteroatoms. The molecule has 0 spiro atoms. The average Bonchev–Trinajstić information content (AvgIpc) is 3.65. The molecule has 0 fully saturated rings. The second kappa shape index (κ2) is 16.2. The second-order valence-electron chi connectivity index (χ2n) is 11.7. The highest BCUT2D eigenvalue weighted by molar-refractivity contribution is 6.03. The van der Waals surface area contributed by atoms with E-state index >= 15 is 0 Å². The van der Waals surface area contributed by atoms with E-state index in [0.29, 0.717) is 12.1 Å². The summed E-state index contributed by atoms with van der Waals surface area (Å²) < 4.78 is 14.5. The van der Waals surface area contributed by atoms with Crippen molar-refractivity contribution in [3.63, 3.8) is 0 Å². The molecule has 260 valence electrons. The first-order valence-electron chi connectivity index (χ1n) is 15.1. The van der Waals surface area contributed by atoms with Crippen LogP contribution in [0.2, 0.25) is 0 Å². The van der Waals surface area contributed by atoms with Gasteiger partial charge in [-0.1, -0.05) is 0 Å². The average molecular weight is 671 g/mol. The number of hydrogen-bond donors (Lipinski definition) is 5. The van der Waals surface area contributed by atoms with Crippen molar-refractivity contribution in [2.24, 2.45) is 21.1 Å². The van der Waals surface area contributed by atoms with Gasteiger partial charge in [-0.2, -0.15) is 0 Å². The van der Waals surface area contributed by atoms with E-state index in [1.807, 2.05) is 0 Å². The van der Waals surface area contributed by atoms with Crippen LogP contribution >= 0.6 is 0 Å². The van der Waals surface area contributed by atoms with E-state index in [9.17, 15) is 28.8 Å². The summed E-state index contributed by atoms with van der Waals surface area (Å²) in [5, 5.41) is 13.1. The normalized spacial score (nSPS) is 11.0. The van der Waals surface area contributed by atoms with Gasteiger partial charge in [0.15, 0.2) is 11.6 Å². The van der Waals surface area contributed by atoms with Gasteiger partial charge < -0.3 is 49.8 Å². The molecule has 0 atom stereocenters. The van der Waals surface area contributed by atoms with Crippen LogP contribution in [0.4, 0.5) is 22.1 Å². The topological polar surface area (TPSA) is 222 Å². The first-order chi connectivity index (χ1) is 22.6. The van der Waals surface area contributed by atoms with E-state index in [4.69, 9.17) is 9.47 Å². The third-order valence-electron chi connectivity index (χ3n) is 6.33. The van der Waals surface area contributed by atoms with Crippen LogP contribution in [-0.4, -0.2) is 84.7 Å². The number of esters is 1. The Labute approximate surface area is 276 Å². The lowest BCUT2D eigenvalue weighted by Crippen LogP contribution is -2.33. The number of rotatable bonds is 14. The van der Waals surface area contributed by atoms with Crippen molar-refractivity contribution in [2.45, 2.75) is 52.6 Å². The molecule has 0 unspecified atom stereocenters. The second-order valence-corrected chi connectivity index (χ2v) is 11.7. The monoisotopic (exact) mass is 670 g/mol. The molecule has 3 rings (SSSR count). The van der Waals surface area contributed by atoms with Gasteiger partial charge in [0.05, 0.1) is 12.3 Å². The van der Waals surface area contributed by atoms with Crippen LogP contribution in [0.1, 0.15) is 78.7 Å². The highest BCUT2D eigenvalue weighted by Gasteiger charge is 2.20. The maximum absolute atomic E-state index is 12.9. The molecule has 3 aromatic rings. The Morgan fingerprint density at radius 2 is 1.35 bits per heavy atom. The fraction of sp³-hybridized carbons (Fsp3) is 0.467. The number of anilines is 3. The summed E-state index contributed by atoms with van der Waals surface area (Å²) >= 11 is 0. The molecule has 48 heavy (non-hydrogen) atoms. The molecule has 0 aliphatic heterocycles. The van der Waals surface area contributed by atoms with Crippen molar-refractivity contribution in [1.29, 1.82) is 0 Å². The fourth-order valence-electron chi connectivity index (χ4n) is 4.24.